The molecule has 116 valence electrons. The van der Waals surface area contributed by atoms with Crippen LogP contribution in [0.4, 0.5) is 0 Å². The maximum absolute atomic E-state index is 12.6. The molecule has 0 saturated carbocycles. The lowest BCUT2D eigenvalue weighted by molar-refractivity contribution is 0.0927. The fraction of sp³-hybridized carbons (Fsp3) is 0.375. The first kappa shape index (κ1) is 14.4. The van der Waals surface area contributed by atoms with E-state index in [-0.39, 0.29) is 11.9 Å². The molecule has 1 amide bonds. The summed E-state index contributed by atoms with van der Waals surface area (Å²) in [6, 6.07) is 5.39. The summed E-state index contributed by atoms with van der Waals surface area (Å²) in [5, 5.41) is 10.1. The predicted octanol–water partition coefficient (Wildman–Crippen LogP) is 1.71. The zero-order valence-electron chi connectivity index (χ0n) is 12.7. The molecule has 1 atom stereocenters. The summed E-state index contributed by atoms with van der Waals surface area (Å²) in [6.07, 6.45) is 4.44. The van der Waals surface area contributed by atoms with Crippen LogP contribution in [0.1, 0.15) is 28.0 Å². The number of nitrogens with one attached hydrogen (secondary N) is 2. The Kier molecular flexibility index (Phi) is 4.00. The lowest BCUT2D eigenvalue weighted by Crippen LogP contribution is -2.39. The third-order valence-electron chi connectivity index (χ3n) is 4.01. The van der Waals surface area contributed by atoms with Crippen LogP contribution in [0.2, 0.25) is 0 Å². The van der Waals surface area contributed by atoms with E-state index in [1.807, 2.05) is 6.20 Å². The molecule has 1 aromatic carbocycles. The molecule has 1 unspecified atom stereocenters. The van der Waals surface area contributed by atoms with Crippen LogP contribution in [0.25, 0.3) is 0 Å². The van der Waals surface area contributed by atoms with Crippen LogP contribution in [-0.4, -0.2) is 36.4 Å². The minimum Gasteiger partial charge on any atom is -0.496 e. The molecule has 0 bridgehead atoms. The van der Waals surface area contributed by atoms with Crippen molar-refractivity contribution in [3.63, 3.8) is 0 Å². The minimum atomic E-state index is -0.178. The average Bonchev–Trinajstić information content (AvgIpc) is 3.01. The van der Waals surface area contributed by atoms with Crippen molar-refractivity contribution in [1.82, 2.24) is 15.5 Å². The molecule has 0 aliphatic heterocycles. The molecular formula is C16H19N3O3. The zero-order chi connectivity index (χ0) is 15.5. The van der Waals surface area contributed by atoms with Crippen molar-refractivity contribution in [2.75, 3.05) is 14.2 Å². The second-order valence-electron chi connectivity index (χ2n) is 5.32. The first-order chi connectivity index (χ1) is 10.7. The Morgan fingerprint density at radius 1 is 1.32 bits per heavy atom. The first-order valence-electron chi connectivity index (χ1n) is 7.26. The number of hydrogen-bond donors (Lipinski definition) is 2. The number of benzene rings is 1. The molecule has 1 heterocycles. The predicted molar refractivity (Wildman–Crippen MR) is 81.4 cm³/mol. The van der Waals surface area contributed by atoms with Gasteiger partial charge in [0.1, 0.15) is 17.1 Å². The Morgan fingerprint density at radius 2 is 2.05 bits per heavy atom. The van der Waals surface area contributed by atoms with Crippen LogP contribution in [0, 0.1) is 0 Å². The zero-order valence-corrected chi connectivity index (χ0v) is 12.7. The standard InChI is InChI=1S/C16H19N3O3/c1-21-13-4-3-5-14(22-2)15(13)16(20)18-11-7-6-10-9-17-19-12(10)8-11/h3-5,9,11H,6-8H2,1-2H3,(H,17,19)(H,18,20). The van der Waals surface area contributed by atoms with E-state index in [1.54, 1.807) is 32.4 Å². The SMILES string of the molecule is COc1cccc(OC)c1C(=O)NC1CCc2cn[nH]c2C1. The average molecular weight is 301 g/mol. The summed E-state index contributed by atoms with van der Waals surface area (Å²) >= 11 is 0. The van der Waals surface area contributed by atoms with Crippen LogP contribution >= 0.6 is 0 Å². The molecule has 6 heteroatoms. The van der Waals surface area contributed by atoms with Gasteiger partial charge in [-0.3, -0.25) is 9.89 Å². The first-order valence-corrected chi connectivity index (χ1v) is 7.26. The van der Waals surface area contributed by atoms with E-state index in [4.69, 9.17) is 9.47 Å². The molecule has 1 aliphatic rings. The highest BCUT2D eigenvalue weighted by molar-refractivity contribution is 5.99. The van der Waals surface area contributed by atoms with Crippen LogP contribution < -0.4 is 14.8 Å². The highest BCUT2D eigenvalue weighted by Gasteiger charge is 2.25. The second-order valence-corrected chi connectivity index (χ2v) is 5.32. The van der Waals surface area contributed by atoms with Crippen molar-refractivity contribution >= 4 is 5.91 Å². The number of hydrogen-bond acceptors (Lipinski definition) is 4. The number of carbonyl (C=O) groups excluding carboxylic acids is 1. The number of aryl methyl sites for hydroxylation is 1. The summed E-state index contributed by atoms with van der Waals surface area (Å²) in [4.78, 5) is 12.6. The van der Waals surface area contributed by atoms with Crippen molar-refractivity contribution in [2.24, 2.45) is 0 Å². The van der Waals surface area contributed by atoms with Gasteiger partial charge in [0.05, 0.1) is 20.4 Å². The van der Waals surface area contributed by atoms with E-state index in [0.29, 0.717) is 17.1 Å². The molecule has 6 nitrogen and oxygen atoms in total. The highest BCUT2D eigenvalue weighted by atomic mass is 16.5. The van der Waals surface area contributed by atoms with Crippen molar-refractivity contribution in [3.05, 3.63) is 41.2 Å². The number of fused-ring (bicyclic) bond motifs is 1. The van der Waals surface area contributed by atoms with Gasteiger partial charge in [0.15, 0.2) is 0 Å². The smallest absolute Gasteiger partial charge is 0.259 e. The molecular weight excluding hydrogens is 282 g/mol. The lowest BCUT2D eigenvalue weighted by Gasteiger charge is -2.23. The van der Waals surface area contributed by atoms with E-state index in [2.05, 4.69) is 15.5 Å². The summed E-state index contributed by atoms with van der Waals surface area (Å²) in [5.41, 5.74) is 2.77. The molecule has 1 aliphatic carbocycles. The van der Waals surface area contributed by atoms with Crippen LogP contribution in [0.5, 0.6) is 11.5 Å². The highest BCUT2D eigenvalue weighted by Crippen LogP contribution is 2.28. The molecule has 0 saturated heterocycles. The summed E-state index contributed by atoms with van der Waals surface area (Å²) < 4.78 is 10.6. The minimum absolute atomic E-state index is 0.0788. The van der Waals surface area contributed by atoms with Gasteiger partial charge in [0.2, 0.25) is 0 Å². The number of ether oxygens (including phenoxy) is 2. The molecule has 0 spiro atoms. The van der Waals surface area contributed by atoms with E-state index in [0.717, 1.165) is 25.0 Å². The van der Waals surface area contributed by atoms with Gasteiger partial charge in [-0.05, 0) is 30.5 Å². The number of rotatable bonds is 4. The van der Waals surface area contributed by atoms with Crippen molar-refractivity contribution in [3.8, 4) is 11.5 Å². The number of amides is 1. The molecule has 22 heavy (non-hydrogen) atoms. The third-order valence-corrected chi connectivity index (χ3v) is 4.01. The number of H-pyrrole nitrogens is 1. The van der Waals surface area contributed by atoms with E-state index in [1.165, 1.54) is 5.56 Å². The lowest BCUT2D eigenvalue weighted by atomic mass is 9.93. The van der Waals surface area contributed by atoms with Gasteiger partial charge in [-0.15, -0.1) is 0 Å². The van der Waals surface area contributed by atoms with Gasteiger partial charge in [-0.25, -0.2) is 0 Å². The Morgan fingerprint density at radius 3 is 2.73 bits per heavy atom. The topological polar surface area (TPSA) is 76.2 Å². The molecule has 2 aromatic rings. The van der Waals surface area contributed by atoms with Gasteiger partial charge in [-0.1, -0.05) is 6.07 Å². The van der Waals surface area contributed by atoms with Crippen LogP contribution in [-0.2, 0) is 12.8 Å². The molecule has 0 fully saturated rings. The fourth-order valence-electron chi connectivity index (χ4n) is 2.86. The number of nitrogens with zero attached hydrogens (tertiary/aromatic N) is 1. The quantitative estimate of drug-likeness (QED) is 0.901. The van der Waals surface area contributed by atoms with E-state index < -0.39 is 0 Å². The molecule has 1 aromatic heterocycles. The number of aromatic amines is 1. The number of carbonyl (C=O) groups is 1. The Bertz CT molecular complexity index is 659. The molecule has 0 radical (unpaired) electrons. The van der Waals surface area contributed by atoms with Crippen LogP contribution in [0.15, 0.2) is 24.4 Å². The summed E-state index contributed by atoms with van der Waals surface area (Å²) in [7, 11) is 3.09. The third kappa shape index (κ3) is 2.64. The fourth-order valence-corrected chi connectivity index (χ4v) is 2.86. The van der Waals surface area contributed by atoms with Crippen molar-refractivity contribution in [2.45, 2.75) is 25.3 Å². The van der Waals surface area contributed by atoms with Gasteiger partial charge in [0, 0.05) is 18.2 Å². The second kappa shape index (κ2) is 6.09. The summed E-state index contributed by atoms with van der Waals surface area (Å²) in [5.74, 6) is 0.840. The van der Waals surface area contributed by atoms with Gasteiger partial charge in [0.25, 0.3) is 5.91 Å². The van der Waals surface area contributed by atoms with Crippen LogP contribution in [0.3, 0.4) is 0 Å². The number of methoxy groups -OCH3 is 2. The van der Waals surface area contributed by atoms with Crippen molar-refractivity contribution < 1.29 is 14.3 Å². The van der Waals surface area contributed by atoms with Gasteiger partial charge < -0.3 is 14.8 Å². The van der Waals surface area contributed by atoms with Crippen molar-refractivity contribution in [1.29, 1.82) is 0 Å². The summed E-state index contributed by atoms with van der Waals surface area (Å²) in [6.45, 7) is 0. The Labute approximate surface area is 128 Å². The van der Waals surface area contributed by atoms with E-state index >= 15 is 0 Å². The molecule has 3 rings (SSSR count). The maximum atomic E-state index is 12.6. The van der Waals surface area contributed by atoms with E-state index in [9.17, 15) is 4.79 Å². The normalized spacial score (nSPS) is 16.7. The monoisotopic (exact) mass is 301 g/mol. The Balaban J connectivity index is 1.78. The Hall–Kier alpha value is -2.50. The largest absolute Gasteiger partial charge is 0.496 e. The molecule has 2 N–H and O–H groups in total. The maximum Gasteiger partial charge on any atom is 0.259 e. The van der Waals surface area contributed by atoms with Gasteiger partial charge >= 0.3 is 0 Å². The van der Waals surface area contributed by atoms with Gasteiger partial charge in [-0.2, -0.15) is 5.10 Å². The number of aromatic nitrogens is 2.